The number of nitrogens with one attached hydrogen (secondary N) is 1. The Balaban J connectivity index is 0.00000600. The Morgan fingerprint density at radius 1 is 0.936 bits per heavy atom. The van der Waals surface area contributed by atoms with Gasteiger partial charge in [0.05, 0.1) is 37.0 Å². The zero-order chi connectivity index (χ0) is 33.1. The van der Waals surface area contributed by atoms with Crippen LogP contribution in [0.4, 0.5) is 0 Å². The van der Waals surface area contributed by atoms with E-state index in [1.54, 1.807) is 11.6 Å². The van der Waals surface area contributed by atoms with Gasteiger partial charge in [0.25, 0.3) is 0 Å². The van der Waals surface area contributed by atoms with Crippen molar-refractivity contribution in [2.24, 2.45) is 18.5 Å². The molecule has 3 unspecified atom stereocenters. The van der Waals surface area contributed by atoms with Crippen LogP contribution in [0.15, 0.2) is 47.3 Å². The fraction of sp³-hybridized carbons (Fsp3) is 0.529. The second-order valence-corrected chi connectivity index (χ2v) is 11.9. The number of aryl methyl sites for hydroxylation is 3. The molecule has 3 aromatic rings. The predicted molar refractivity (Wildman–Crippen MR) is 181 cm³/mol. The van der Waals surface area contributed by atoms with E-state index >= 15 is 0 Å². The molecule has 1 fully saturated rings. The monoisotopic (exact) mass is 673 g/mol. The summed E-state index contributed by atoms with van der Waals surface area (Å²) in [6, 6.07) is 13.2. The van der Waals surface area contributed by atoms with E-state index in [9.17, 15) is 19.2 Å². The van der Waals surface area contributed by atoms with Gasteiger partial charge in [-0.15, -0.1) is 12.4 Å². The lowest BCUT2D eigenvalue weighted by Crippen LogP contribution is -2.44. The van der Waals surface area contributed by atoms with Gasteiger partial charge in [0, 0.05) is 39.1 Å². The molecule has 1 aliphatic heterocycles. The highest BCUT2D eigenvalue weighted by molar-refractivity contribution is 6.00. The van der Waals surface area contributed by atoms with Crippen molar-refractivity contribution in [2.75, 3.05) is 26.4 Å². The van der Waals surface area contributed by atoms with Crippen molar-refractivity contribution in [3.8, 4) is 0 Å². The van der Waals surface area contributed by atoms with Crippen molar-refractivity contribution in [1.29, 1.82) is 0 Å². The maximum Gasteiger partial charge on any atom is 0.329 e. The van der Waals surface area contributed by atoms with Crippen molar-refractivity contribution >= 4 is 41.2 Å². The van der Waals surface area contributed by atoms with Crippen molar-refractivity contribution in [3.63, 3.8) is 0 Å². The van der Waals surface area contributed by atoms with Crippen molar-refractivity contribution in [1.82, 2.24) is 14.5 Å². The predicted octanol–water partition coefficient (Wildman–Crippen LogP) is 2.84. The number of hydrogen-bond acceptors (Lipinski definition) is 8. The number of halogens is 1. The third-order valence-corrected chi connectivity index (χ3v) is 8.42. The number of carbonyl (C=O) groups is 3. The van der Waals surface area contributed by atoms with Crippen LogP contribution in [-0.2, 0) is 55.1 Å². The molecule has 0 spiro atoms. The summed E-state index contributed by atoms with van der Waals surface area (Å²) in [5.74, 6) is -1.09. The second-order valence-electron chi connectivity index (χ2n) is 11.9. The van der Waals surface area contributed by atoms with E-state index in [4.69, 9.17) is 25.7 Å². The number of imide groups is 1. The van der Waals surface area contributed by atoms with Gasteiger partial charge in [-0.3, -0.25) is 28.8 Å². The van der Waals surface area contributed by atoms with E-state index in [-0.39, 0.29) is 54.9 Å². The third-order valence-electron chi connectivity index (χ3n) is 8.42. The number of nitrogens with two attached hydrogens (primary N) is 2. The van der Waals surface area contributed by atoms with Gasteiger partial charge < -0.3 is 25.7 Å². The lowest BCUT2D eigenvalue weighted by Gasteiger charge is -2.21. The fourth-order valence-electron chi connectivity index (χ4n) is 5.57. The van der Waals surface area contributed by atoms with Crippen LogP contribution in [-0.4, -0.2) is 65.4 Å². The van der Waals surface area contributed by atoms with Crippen LogP contribution in [0.5, 0.6) is 0 Å². The van der Waals surface area contributed by atoms with Gasteiger partial charge in [-0.05, 0) is 74.3 Å². The summed E-state index contributed by atoms with van der Waals surface area (Å²) in [4.78, 5) is 47.8. The van der Waals surface area contributed by atoms with E-state index in [0.717, 1.165) is 42.3 Å². The lowest BCUT2D eigenvalue weighted by molar-refractivity contribution is -0.135. The first kappa shape index (κ1) is 37.9. The molecular formula is C34H48ClN5O7. The van der Waals surface area contributed by atoms with Gasteiger partial charge in [0.1, 0.15) is 6.04 Å². The Kier molecular flexibility index (Phi) is 15.1. The number of carbonyl (C=O) groups excluding carboxylic acids is 3. The summed E-state index contributed by atoms with van der Waals surface area (Å²) < 4.78 is 20.4. The molecule has 1 aromatic heterocycles. The summed E-state index contributed by atoms with van der Waals surface area (Å²) in [5.41, 5.74) is 15.8. The van der Waals surface area contributed by atoms with E-state index in [1.807, 2.05) is 25.1 Å². The van der Waals surface area contributed by atoms with E-state index in [2.05, 4.69) is 29.6 Å². The molecule has 0 saturated carbocycles. The highest BCUT2D eigenvalue weighted by atomic mass is 35.5. The largest absolute Gasteiger partial charge is 0.379 e. The number of fused-ring (bicyclic) bond motifs is 1. The van der Waals surface area contributed by atoms with E-state index in [0.29, 0.717) is 51.4 Å². The SMILES string of the molecule is CC(OCc1ccc(CCCOCCOCCCc2ccc3c(c2)n(C)c(=O)n3C2CCC(=O)NC2=O)cc1)C(N)CCC(N)=O.Cl. The number of nitrogens with zero attached hydrogens (tertiary/aromatic N) is 2. The molecule has 3 atom stereocenters. The standard InChI is InChI=1S/C34H47N5O7.ClH/c1-23(27(35)12-15-31(36)40)46-22-26-9-7-24(8-10-26)5-3-17-44-19-20-45-18-4-6-25-11-13-28-30(21-25)38(2)34(43)39(28)29-14-16-32(41)37-33(29)42;/h7-11,13,21,23,27,29H,3-6,12,14-20,22,35H2,1-2H3,(H2,36,40)(H,37,41,42);1H. The quantitative estimate of drug-likeness (QED) is 0.129. The van der Waals surface area contributed by atoms with Crippen LogP contribution < -0.4 is 22.5 Å². The molecule has 13 heteroatoms. The van der Waals surface area contributed by atoms with Crippen LogP contribution >= 0.6 is 12.4 Å². The number of hydrogen-bond donors (Lipinski definition) is 3. The summed E-state index contributed by atoms with van der Waals surface area (Å²) in [5, 5.41) is 2.34. The minimum Gasteiger partial charge on any atom is -0.379 e. The summed E-state index contributed by atoms with van der Waals surface area (Å²) >= 11 is 0. The Bertz CT molecular complexity index is 1540. The summed E-state index contributed by atoms with van der Waals surface area (Å²) in [7, 11) is 1.70. The normalized spacial score (nSPS) is 16.1. The lowest BCUT2D eigenvalue weighted by atomic mass is 10.1. The van der Waals surface area contributed by atoms with Crippen LogP contribution in [0.25, 0.3) is 11.0 Å². The first-order valence-electron chi connectivity index (χ1n) is 16.1. The zero-order valence-electron chi connectivity index (χ0n) is 27.3. The number of primary amides is 1. The highest BCUT2D eigenvalue weighted by Crippen LogP contribution is 2.24. The molecule has 2 aromatic carbocycles. The van der Waals surface area contributed by atoms with Gasteiger partial charge in [-0.1, -0.05) is 30.3 Å². The molecule has 12 nitrogen and oxygen atoms in total. The maximum atomic E-state index is 12.9. The molecule has 2 heterocycles. The minimum absolute atomic E-state index is 0. The van der Waals surface area contributed by atoms with E-state index < -0.39 is 11.9 Å². The van der Waals surface area contributed by atoms with Crippen molar-refractivity contribution in [3.05, 3.63) is 69.6 Å². The molecule has 4 rings (SSSR count). The zero-order valence-corrected chi connectivity index (χ0v) is 28.1. The van der Waals surface area contributed by atoms with Gasteiger partial charge in [0.15, 0.2) is 0 Å². The highest BCUT2D eigenvalue weighted by Gasteiger charge is 2.31. The average molecular weight is 674 g/mol. The average Bonchev–Trinajstić information content (AvgIpc) is 3.28. The van der Waals surface area contributed by atoms with Gasteiger partial charge in [-0.2, -0.15) is 0 Å². The molecule has 0 bridgehead atoms. The number of imidazole rings is 1. The Morgan fingerprint density at radius 2 is 1.55 bits per heavy atom. The topological polar surface area (TPSA) is 170 Å². The number of aromatic nitrogens is 2. The van der Waals surface area contributed by atoms with Gasteiger partial charge in [-0.25, -0.2) is 4.79 Å². The molecule has 47 heavy (non-hydrogen) atoms. The Labute approximate surface area is 281 Å². The molecule has 1 saturated heterocycles. The smallest absolute Gasteiger partial charge is 0.329 e. The first-order chi connectivity index (χ1) is 22.1. The molecule has 5 N–H and O–H groups in total. The number of amides is 3. The van der Waals surface area contributed by atoms with Crippen LogP contribution in [0.1, 0.15) is 68.2 Å². The number of piperidine rings is 1. The number of benzene rings is 2. The first-order valence-corrected chi connectivity index (χ1v) is 16.1. The Morgan fingerprint density at radius 3 is 2.19 bits per heavy atom. The molecule has 3 amide bonds. The van der Waals surface area contributed by atoms with Crippen molar-refractivity contribution < 1.29 is 28.6 Å². The number of rotatable bonds is 19. The fourth-order valence-corrected chi connectivity index (χ4v) is 5.57. The van der Waals surface area contributed by atoms with E-state index in [1.165, 1.54) is 10.1 Å². The third kappa shape index (κ3) is 11.0. The molecular weight excluding hydrogens is 626 g/mol. The van der Waals surface area contributed by atoms with Crippen LogP contribution in [0, 0.1) is 0 Å². The second kappa shape index (κ2) is 18.7. The van der Waals surface area contributed by atoms with Crippen LogP contribution in [0.2, 0.25) is 0 Å². The van der Waals surface area contributed by atoms with Gasteiger partial charge in [0.2, 0.25) is 17.7 Å². The summed E-state index contributed by atoms with van der Waals surface area (Å²) in [6.45, 7) is 4.70. The minimum atomic E-state index is -0.684. The maximum absolute atomic E-state index is 12.9. The van der Waals surface area contributed by atoms with Crippen molar-refractivity contribution in [2.45, 2.75) is 83.1 Å². The van der Waals surface area contributed by atoms with Crippen LogP contribution in [0.3, 0.4) is 0 Å². The molecule has 0 radical (unpaired) electrons. The molecule has 1 aliphatic rings. The van der Waals surface area contributed by atoms with Gasteiger partial charge >= 0.3 is 5.69 Å². The molecule has 0 aliphatic carbocycles. The number of ether oxygens (including phenoxy) is 3. The molecule has 258 valence electrons. The summed E-state index contributed by atoms with van der Waals surface area (Å²) in [6.07, 6.45) is 4.60. The Hall–Kier alpha value is -3.55.